The van der Waals surface area contributed by atoms with E-state index in [1.807, 2.05) is 6.07 Å². The highest BCUT2D eigenvalue weighted by molar-refractivity contribution is 6.06. The second kappa shape index (κ2) is 12.8. The zero-order valence-corrected chi connectivity index (χ0v) is 32.6. The molecule has 278 valence electrons. The molecule has 12 rings (SSSR count). The number of nitrogens with zero attached hydrogens (tertiary/aromatic N) is 1. The van der Waals surface area contributed by atoms with Gasteiger partial charge in [-0.1, -0.05) is 170 Å². The standard InChI is InChI=1S/C57H39NO/c1-56(38-17-5-2-6-18-38)50-26-14-11-23-44(50)46-32-29-42(36-52(46)56)58(41-31-34-55-49(35-41)48-25-13-16-28-54(48)59-55)43-30-33-47-45-24-12-15-27-51(45)57(53(47)37-43,39-19-7-3-8-20-39)40-21-9-4-10-22-40/h2-37H,1H3. The Bertz CT molecular complexity index is 3200. The number of anilines is 3. The molecular formula is C57H39NO. The van der Waals surface area contributed by atoms with Crippen molar-refractivity contribution in [2.45, 2.75) is 17.8 Å². The molecule has 0 saturated carbocycles. The lowest BCUT2D eigenvalue weighted by Crippen LogP contribution is -2.28. The van der Waals surface area contributed by atoms with Crippen LogP contribution in [0.15, 0.2) is 223 Å². The normalized spacial score (nSPS) is 15.7. The van der Waals surface area contributed by atoms with E-state index in [0.29, 0.717) is 0 Å². The molecule has 0 N–H and O–H groups in total. The van der Waals surface area contributed by atoms with Crippen LogP contribution in [0.2, 0.25) is 0 Å². The molecule has 0 spiro atoms. The third-order valence-corrected chi connectivity index (χ3v) is 13.2. The molecule has 0 bridgehead atoms. The molecule has 2 heteroatoms. The van der Waals surface area contributed by atoms with Crippen LogP contribution >= 0.6 is 0 Å². The van der Waals surface area contributed by atoms with Gasteiger partial charge in [0, 0.05) is 33.2 Å². The molecule has 0 fully saturated rings. The summed E-state index contributed by atoms with van der Waals surface area (Å²) >= 11 is 0. The van der Waals surface area contributed by atoms with Gasteiger partial charge in [0.25, 0.3) is 0 Å². The Morgan fingerprint density at radius 2 is 0.797 bits per heavy atom. The number of furan rings is 1. The summed E-state index contributed by atoms with van der Waals surface area (Å²) in [5.74, 6) is 0. The molecule has 0 radical (unpaired) electrons. The number of fused-ring (bicyclic) bond motifs is 9. The molecule has 9 aromatic carbocycles. The maximum Gasteiger partial charge on any atom is 0.135 e. The lowest BCUT2D eigenvalue weighted by molar-refractivity contribution is 0.669. The summed E-state index contributed by atoms with van der Waals surface area (Å²) in [7, 11) is 0. The molecule has 2 aliphatic rings. The molecular weight excluding hydrogens is 715 g/mol. The van der Waals surface area contributed by atoms with Crippen LogP contribution in [0.5, 0.6) is 0 Å². The second-order valence-electron chi connectivity index (χ2n) is 16.1. The minimum atomic E-state index is -0.522. The van der Waals surface area contributed by atoms with Crippen LogP contribution in [0.4, 0.5) is 17.1 Å². The molecule has 1 atom stereocenters. The summed E-state index contributed by atoms with van der Waals surface area (Å²) < 4.78 is 6.37. The monoisotopic (exact) mass is 753 g/mol. The van der Waals surface area contributed by atoms with Crippen molar-refractivity contribution in [1.82, 2.24) is 0 Å². The number of benzene rings is 9. The summed E-state index contributed by atoms with van der Waals surface area (Å²) in [6.07, 6.45) is 0. The first kappa shape index (κ1) is 33.7. The van der Waals surface area contributed by atoms with Crippen LogP contribution in [0.1, 0.15) is 45.9 Å². The van der Waals surface area contributed by atoms with Gasteiger partial charge in [0.2, 0.25) is 0 Å². The van der Waals surface area contributed by atoms with Crippen molar-refractivity contribution < 1.29 is 4.42 Å². The smallest absolute Gasteiger partial charge is 0.135 e. The largest absolute Gasteiger partial charge is 0.456 e. The van der Waals surface area contributed by atoms with Crippen LogP contribution in [0, 0.1) is 0 Å². The lowest BCUT2D eigenvalue weighted by Gasteiger charge is -2.35. The minimum absolute atomic E-state index is 0.338. The van der Waals surface area contributed by atoms with E-state index in [0.717, 1.165) is 39.0 Å². The molecule has 1 aromatic heterocycles. The first-order valence-corrected chi connectivity index (χ1v) is 20.5. The highest BCUT2D eigenvalue weighted by Gasteiger charge is 2.46. The van der Waals surface area contributed by atoms with E-state index in [1.165, 1.54) is 61.2 Å². The van der Waals surface area contributed by atoms with Crippen molar-refractivity contribution in [3.05, 3.63) is 257 Å². The average Bonchev–Trinajstić information content (AvgIpc) is 3.92. The Balaban J connectivity index is 1.14. The Hall–Kier alpha value is -7.42. The van der Waals surface area contributed by atoms with Gasteiger partial charge in [0.15, 0.2) is 0 Å². The predicted octanol–water partition coefficient (Wildman–Crippen LogP) is 14.8. The lowest BCUT2D eigenvalue weighted by atomic mass is 9.67. The number of rotatable bonds is 6. The molecule has 0 amide bonds. The van der Waals surface area contributed by atoms with Gasteiger partial charge in [0.05, 0.1) is 5.41 Å². The van der Waals surface area contributed by atoms with E-state index >= 15 is 0 Å². The Kier molecular flexibility index (Phi) is 7.31. The summed E-state index contributed by atoms with van der Waals surface area (Å²) in [6, 6.07) is 80.3. The average molecular weight is 754 g/mol. The quantitative estimate of drug-likeness (QED) is 0.168. The summed E-state index contributed by atoms with van der Waals surface area (Å²) in [5.41, 5.74) is 18.3. The van der Waals surface area contributed by atoms with Crippen LogP contribution in [-0.2, 0) is 10.8 Å². The summed E-state index contributed by atoms with van der Waals surface area (Å²) in [5, 5.41) is 2.21. The molecule has 59 heavy (non-hydrogen) atoms. The summed E-state index contributed by atoms with van der Waals surface area (Å²) in [6.45, 7) is 2.39. The van der Waals surface area contributed by atoms with Gasteiger partial charge in [-0.15, -0.1) is 0 Å². The SMILES string of the molecule is CC1(c2ccccc2)c2ccccc2-c2ccc(N(c3ccc4c(c3)C(c3ccccc3)(c3ccccc3)c3ccccc3-4)c3ccc4oc5ccccc5c4c3)cc21. The van der Waals surface area contributed by atoms with Crippen molar-refractivity contribution in [2.24, 2.45) is 0 Å². The maximum atomic E-state index is 6.37. The highest BCUT2D eigenvalue weighted by Crippen LogP contribution is 2.58. The van der Waals surface area contributed by atoms with Crippen LogP contribution in [0.3, 0.4) is 0 Å². The van der Waals surface area contributed by atoms with Crippen molar-refractivity contribution in [3.63, 3.8) is 0 Å². The molecule has 10 aromatic rings. The van der Waals surface area contributed by atoms with Crippen molar-refractivity contribution in [3.8, 4) is 22.3 Å². The highest BCUT2D eigenvalue weighted by atomic mass is 16.3. The number of hydrogen-bond donors (Lipinski definition) is 0. The molecule has 0 aliphatic heterocycles. The Morgan fingerprint density at radius 1 is 0.339 bits per heavy atom. The number of para-hydroxylation sites is 1. The van der Waals surface area contributed by atoms with E-state index in [1.54, 1.807) is 0 Å². The van der Waals surface area contributed by atoms with Crippen LogP contribution in [0.25, 0.3) is 44.2 Å². The fourth-order valence-corrected chi connectivity index (χ4v) is 10.6. The zero-order chi connectivity index (χ0) is 39.1. The Labute approximate surface area is 344 Å². The van der Waals surface area contributed by atoms with Gasteiger partial charge in [0.1, 0.15) is 11.2 Å². The fourth-order valence-electron chi connectivity index (χ4n) is 10.6. The van der Waals surface area contributed by atoms with Crippen molar-refractivity contribution >= 4 is 39.0 Å². The van der Waals surface area contributed by atoms with Gasteiger partial charge in [-0.25, -0.2) is 0 Å². The van der Waals surface area contributed by atoms with E-state index in [2.05, 4.69) is 224 Å². The predicted molar refractivity (Wildman–Crippen MR) is 243 cm³/mol. The van der Waals surface area contributed by atoms with Crippen LogP contribution in [-0.4, -0.2) is 0 Å². The minimum Gasteiger partial charge on any atom is -0.456 e. The summed E-state index contributed by atoms with van der Waals surface area (Å²) in [4.78, 5) is 2.46. The van der Waals surface area contributed by atoms with Gasteiger partial charge >= 0.3 is 0 Å². The zero-order valence-electron chi connectivity index (χ0n) is 32.6. The first-order chi connectivity index (χ1) is 29.1. The van der Waals surface area contributed by atoms with Gasteiger partial charge in [-0.2, -0.15) is 0 Å². The van der Waals surface area contributed by atoms with Gasteiger partial charge < -0.3 is 9.32 Å². The van der Waals surface area contributed by atoms with E-state index in [4.69, 9.17) is 4.42 Å². The maximum absolute atomic E-state index is 6.37. The number of hydrogen-bond acceptors (Lipinski definition) is 2. The van der Waals surface area contributed by atoms with E-state index < -0.39 is 5.41 Å². The topological polar surface area (TPSA) is 16.4 Å². The van der Waals surface area contributed by atoms with Gasteiger partial charge in [-0.05, 0) is 117 Å². The third kappa shape index (κ3) is 4.75. The second-order valence-corrected chi connectivity index (χ2v) is 16.1. The molecule has 0 saturated heterocycles. The first-order valence-electron chi connectivity index (χ1n) is 20.5. The molecule has 1 heterocycles. The van der Waals surface area contributed by atoms with Gasteiger partial charge in [-0.3, -0.25) is 0 Å². The fraction of sp³-hybridized carbons (Fsp3) is 0.0526. The van der Waals surface area contributed by atoms with E-state index in [-0.39, 0.29) is 5.41 Å². The van der Waals surface area contributed by atoms with Crippen molar-refractivity contribution in [1.29, 1.82) is 0 Å². The molecule has 2 aliphatic carbocycles. The third-order valence-electron chi connectivity index (χ3n) is 13.2. The van der Waals surface area contributed by atoms with E-state index in [9.17, 15) is 0 Å². The molecule has 1 unspecified atom stereocenters. The van der Waals surface area contributed by atoms with Crippen LogP contribution < -0.4 is 4.90 Å². The Morgan fingerprint density at radius 3 is 1.47 bits per heavy atom. The molecule has 2 nitrogen and oxygen atoms in total. The van der Waals surface area contributed by atoms with Crippen molar-refractivity contribution in [2.75, 3.05) is 4.90 Å².